The van der Waals surface area contributed by atoms with Crippen LogP contribution >= 0.6 is 0 Å². The van der Waals surface area contributed by atoms with Crippen LogP contribution in [0.2, 0.25) is 0 Å². The predicted molar refractivity (Wildman–Crippen MR) is 89.6 cm³/mol. The van der Waals surface area contributed by atoms with Crippen LogP contribution in [0.15, 0.2) is 11.6 Å². The van der Waals surface area contributed by atoms with Crippen molar-refractivity contribution < 1.29 is 9.90 Å². The molecule has 0 aromatic rings. The van der Waals surface area contributed by atoms with Gasteiger partial charge in [0.2, 0.25) is 0 Å². The summed E-state index contributed by atoms with van der Waals surface area (Å²) in [6.07, 6.45) is 9.91. The van der Waals surface area contributed by atoms with Crippen molar-refractivity contribution in [3.05, 3.63) is 11.6 Å². The Bertz CT molecular complexity index is 589. The third-order valence-electron chi connectivity index (χ3n) is 7.70. The Morgan fingerprint density at radius 1 is 1.35 bits per heavy atom. The van der Waals surface area contributed by atoms with Gasteiger partial charge in [-0.1, -0.05) is 25.0 Å². The fourth-order valence-electron chi connectivity index (χ4n) is 6.65. The van der Waals surface area contributed by atoms with Crippen LogP contribution in [0.1, 0.15) is 72.1 Å². The van der Waals surface area contributed by atoms with Crippen molar-refractivity contribution in [2.75, 3.05) is 0 Å². The molecule has 0 radical (unpaired) electrons. The smallest absolute Gasteiger partial charge is 0.309 e. The first-order valence-corrected chi connectivity index (χ1v) is 9.04. The second kappa shape index (κ2) is 5.36. The summed E-state index contributed by atoms with van der Waals surface area (Å²) < 4.78 is 0. The highest BCUT2D eigenvalue weighted by Crippen LogP contribution is 2.68. The third-order valence-corrected chi connectivity index (χ3v) is 7.70. The summed E-state index contributed by atoms with van der Waals surface area (Å²) in [6.45, 7) is 6.49. The molecular formula is C20H29NO2. The Morgan fingerprint density at radius 2 is 2.09 bits per heavy atom. The second-order valence-electron chi connectivity index (χ2n) is 8.89. The van der Waals surface area contributed by atoms with E-state index in [9.17, 15) is 15.2 Å². The first-order chi connectivity index (χ1) is 10.8. The third kappa shape index (κ3) is 2.25. The fraction of sp³-hybridized carbons (Fsp3) is 0.800. The van der Waals surface area contributed by atoms with Gasteiger partial charge in [-0.2, -0.15) is 5.26 Å². The molecule has 3 nitrogen and oxygen atoms in total. The Hall–Kier alpha value is -1.30. The number of hydrogen-bond acceptors (Lipinski definition) is 2. The van der Waals surface area contributed by atoms with Crippen LogP contribution in [0, 0.1) is 39.4 Å². The molecule has 1 N–H and O–H groups in total. The lowest BCUT2D eigenvalue weighted by molar-refractivity contribution is -0.178. The molecule has 5 atom stereocenters. The molecule has 3 rings (SSSR count). The lowest BCUT2D eigenvalue weighted by Crippen LogP contribution is -2.58. The Balaban J connectivity index is 2.05. The highest BCUT2D eigenvalue weighted by atomic mass is 16.4. The molecule has 0 amide bonds. The molecule has 126 valence electrons. The summed E-state index contributed by atoms with van der Waals surface area (Å²) in [5, 5.41) is 19.3. The monoisotopic (exact) mass is 315 g/mol. The van der Waals surface area contributed by atoms with Crippen molar-refractivity contribution in [2.45, 2.75) is 72.1 Å². The molecule has 2 saturated carbocycles. The van der Waals surface area contributed by atoms with Crippen LogP contribution < -0.4 is 0 Å². The molecule has 0 heterocycles. The number of rotatable bonds is 2. The summed E-state index contributed by atoms with van der Waals surface area (Å²) in [5.74, 6) is 0.0738. The van der Waals surface area contributed by atoms with Crippen molar-refractivity contribution in [3.8, 4) is 6.07 Å². The van der Waals surface area contributed by atoms with Gasteiger partial charge >= 0.3 is 5.97 Å². The number of aliphatic carboxylic acids is 1. The molecule has 23 heavy (non-hydrogen) atoms. The van der Waals surface area contributed by atoms with Crippen molar-refractivity contribution >= 4 is 5.97 Å². The van der Waals surface area contributed by atoms with Gasteiger partial charge in [-0.15, -0.1) is 0 Å². The molecule has 0 aromatic carbocycles. The van der Waals surface area contributed by atoms with Crippen LogP contribution in [0.25, 0.3) is 0 Å². The van der Waals surface area contributed by atoms with E-state index in [-0.39, 0.29) is 16.7 Å². The predicted octanol–water partition coefficient (Wildman–Crippen LogP) is 4.93. The molecule has 0 bridgehead atoms. The molecule has 2 fully saturated rings. The number of nitrogens with zero attached hydrogens (tertiary/aromatic N) is 1. The van der Waals surface area contributed by atoms with Crippen LogP contribution in [0.3, 0.4) is 0 Å². The molecule has 3 aliphatic carbocycles. The van der Waals surface area contributed by atoms with Gasteiger partial charge in [0.05, 0.1) is 11.5 Å². The summed E-state index contributed by atoms with van der Waals surface area (Å²) in [7, 11) is 0. The van der Waals surface area contributed by atoms with Gasteiger partial charge < -0.3 is 5.11 Å². The van der Waals surface area contributed by atoms with Crippen LogP contribution in [0.5, 0.6) is 0 Å². The lowest BCUT2D eigenvalue weighted by Gasteiger charge is -2.63. The maximum Gasteiger partial charge on any atom is 0.309 e. The second-order valence-corrected chi connectivity index (χ2v) is 8.89. The van der Waals surface area contributed by atoms with E-state index in [1.807, 2.05) is 6.92 Å². The summed E-state index contributed by atoms with van der Waals surface area (Å²) in [6, 6.07) is 2.46. The van der Waals surface area contributed by atoms with Gasteiger partial charge in [0, 0.05) is 6.42 Å². The summed E-state index contributed by atoms with van der Waals surface area (Å²) >= 11 is 0. The van der Waals surface area contributed by atoms with Gasteiger partial charge in [-0.05, 0) is 75.0 Å². The average Bonchev–Trinajstić information content (AvgIpc) is 2.46. The lowest BCUT2D eigenvalue weighted by atomic mass is 9.40. The highest BCUT2D eigenvalue weighted by Gasteiger charge is 2.62. The minimum absolute atomic E-state index is 0.0533. The first-order valence-electron chi connectivity index (χ1n) is 9.04. The zero-order chi connectivity index (χ0) is 16.9. The Labute approximate surface area is 139 Å². The van der Waals surface area contributed by atoms with E-state index in [2.05, 4.69) is 26.0 Å². The topological polar surface area (TPSA) is 61.1 Å². The molecule has 3 aliphatic rings. The van der Waals surface area contributed by atoms with E-state index >= 15 is 0 Å². The van der Waals surface area contributed by atoms with Gasteiger partial charge in [-0.3, -0.25) is 4.79 Å². The molecule has 0 aromatic heterocycles. The number of nitriles is 1. The normalized spacial score (nSPS) is 46.1. The standard InChI is InChI=1S/C20H29NO2/c1-14-5-6-16-18(2)8-4-9-19(3,17(22)23)15(18)7-10-20(16,13-14)11-12-21/h5,15-16H,4,6-11,13H2,1-3H3,(H,22,23)/t15-,16-,18+,19+,20-/m0/s1. The van der Waals surface area contributed by atoms with Crippen molar-refractivity contribution in [3.63, 3.8) is 0 Å². The molecule has 0 spiro atoms. The van der Waals surface area contributed by atoms with Gasteiger partial charge in [0.1, 0.15) is 0 Å². The van der Waals surface area contributed by atoms with Crippen LogP contribution in [-0.2, 0) is 4.79 Å². The summed E-state index contributed by atoms with van der Waals surface area (Å²) in [4.78, 5) is 12.0. The zero-order valence-electron chi connectivity index (χ0n) is 14.7. The van der Waals surface area contributed by atoms with E-state index in [1.54, 1.807) is 0 Å². The fourth-order valence-corrected chi connectivity index (χ4v) is 6.65. The number of fused-ring (bicyclic) bond motifs is 3. The number of carbonyl (C=O) groups is 1. The van der Waals surface area contributed by atoms with E-state index in [0.29, 0.717) is 12.3 Å². The molecule has 0 aliphatic heterocycles. The largest absolute Gasteiger partial charge is 0.481 e. The highest BCUT2D eigenvalue weighted by molar-refractivity contribution is 5.75. The number of hydrogen-bond donors (Lipinski definition) is 1. The molecule has 3 heteroatoms. The average molecular weight is 315 g/mol. The minimum Gasteiger partial charge on any atom is -0.481 e. The van der Waals surface area contributed by atoms with Crippen molar-refractivity contribution in [2.24, 2.45) is 28.1 Å². The Morgan fingerprint density at radius 3 is 2.74 bits per heavy atom. The van der Waals surface area contributed by atoms with E-state index in [0.717, 1.165) is 44.9 Å². The van der Waals surface area contributed by atoms with E-state index in [4.69, 9.17) is 0 Å². The maximum absolute atomic E-state index is 12.0. The van der Waals surface area contributed by atoms with Crippen molar-refractivity contribution in [1.29, 1.82) is 5.26 Å². The van der Waals surface area contributed by atoms with E-state index < -0.39 is 11.4 Å². The molecule has 0 saturated heterocycles. The number of carboxylic acids is 1. The molecule has 0 unspecified atom stereocenters. The summed E-state index contributed by atoms with van der Waals surface area (Å²) in [5.41, 5.74) is 0.949. The van der Waals surface area contributed by atoms with Crippen LogP contribution in [0.4, 0.5) is 0 Å². The first kappa shape index (κ1) is 16.6. The molecular weight excluding hydrogens is 286 g/mol. The quantitative estimate of drug-likeness (QED) is 0.735. The van der Waals surface area contributed by atoms with Crippen LogP contribution in [-0.4, -0.2) is 11.1 Å². The van der Waals surface area contributed by atoms with Gasteiger partial charge in [0.15, 0.2) is 0 Å². The van der Waals surface area contributed by atoms with Gasteiger partial charge in [-0.25, -0.2) is 0 Å². The van der Waals surface area contributed by atoms with E-state index in [1.165, 1.54) is 5.57 Å². The number of allylic oxidation sites excluding steroid dienone is 2. The zero-order valence-corrected chi connectivity index (χ0v) is 14.7. The maximum atomic E-state index is 12.0. The SMILES string of the molecule is CC1=CC[C@@H]2[C@](CC#N)(CC[C@H]3[C@@]2(C)CCC[C@@]3(C)C(=O)O)C1. The minimum atomic E-state index is -0.622. The van der Waals surface area contributed by atoms with Crippen molar-refractivity contribution in [1.82, 2.24) is 0 Å². The Kier molecular flexibility index (Phi) is 3.86. The van der Waals surface area contributed by atoms with Gasteiger partial charge in [0.25, 0.3) is 0 Å². The number of carboxylic acid groups (broad SMARTS) is 1.